The van der Waals surface area contributed by atoms with Crippen molar-refractivity contribution in [2.45, 2.75) is 13.3 Å². The van der Waals surface area contributed by atoms with Crippen LogP contribution in [0.2, 0.25) is 0 Å². The first-order valence-electron chi connectivity index (χ1n) is 5.62. The van der Waals surface area contributed by atoms with E-state index in [0.717, 1.165) is 5.76 Å². The van der Waals surface area contributed by atoms with Gasteiger partial charge in [0.05, 0.1) is 0 Å². The van der Waals surface area contributed by atoms with Gasteiger partial charge in [-0.25, -0.2) is 4.98 Å². The van der Waals surface area contributed by atoms with Gasteiger partial charge in [-0.3, -0.25) is 4.79 Å². The Kier molecular flexibility index (Phi) is 4.11. The Hall–Kier alpha value is -1.66. The largest absolute Gasteiger partial charge is 0.459 e. The van der Waals surface area contributed by atoms with Gasteiger partial charge in [-0.2, -0.15) is 0 Å². The van der Waals surface area contributed by atoms with Gasteiger partial charge >= 0.3 is 0 Å². The van der Waals surface area contributed by atoms with Crippen molar-refractivity contribution in [3.05, 3.63) is 29.0 Å². The van der Waals surface area contributed by atoms with Gasteiger partial charge in [0, 0.05) is 18.5 Å². The third-order valence-corrected chi connectivity index (χ3v) is 3.17. The maximum absolute atomic E-state index is 11.7. The van der Waals surface area contributed by atoms with Crippen molar-refractivity contribution in [2.75, 3.05) is 13.2 Å². The zero-order chi connectivity index (χ0) is 13.0. The van der Waals surface area contributed by atoms with E-state index >= 15 is 0 Å². The van der Waals surface area contributed by atoms with E-state index < -0.39 is 0 Å². The molecule has 2 aromatic heterocycles. The predicted octanol–water partition coefficient (Wildman–Crippen LogP) is 1.82. The van der Waals surface area contributed by atoms with Crippen LogP contribution in [0.4, 0.5) is 0 Å². The summed E-state index contributed by atoms with van der Waals surface area (Å²) < 4.78 is 5.44. The Labute approximate surface area is 108 Å². The van der Waals surface area contributed by atoms with Crippen LogP contribution in [0.5, 0.6) is 0 Å². The molecule has 18 heavy (non-hydrogen) atoms. The summed E-state index contributed by atoms with van der Waals surface area (Å²) in [5, 5.41) is 13.7. The van der Waals surface area contributed by atoms with E-state index in [9.17, 15) is 4.79 Å². The number of rotatable bonds is 5. The van der Waals surface area contributed by atoms with E-state index in [1.165, 1.54) is 11.3 Å². The third kappa shape index (κ3) is 2.96. The van der Waals surface area contributed by atoms with E-state index in [4.69, 9.17) is 9.52 Å². The second-order valence-corrected chi connectivity index (χ2v) is 4.64. The van der Waals surface area contributed by atoms with Crippen LogP contribution >= 0.6 is 11.3 Å². The number of nitrogens with zero attached hydrogens (tertiary/aromatic N) is 1. The molecule has 0 aromatic carbocycles. The highest BCUT2D eigenvalue weighted by atomic mass is 32.1. The van der Waals surface area contributed by atoms with E-state index in [0.29, 0.717) is 29.4 Å². The smallest absolute Gasteiger partial charge is 0.270 e. The minimum Gasteiger partial charge on any atom is -0.459 e. The first-order chi connectivity index (χ1) is 8.70. The van der Waals surface area contributed by atoms with Crippen molar-refractivity contribution in [2.24, 2.45) is 0 Å². The van der Waals surface area contributed by atoms with Crippen LogP contribution in [0.1, 0.15) is 22.7 Å². The maximum atomic E-state index is 11.7. The molecule has 5 nitrogen and oxygen atoms in total. The summed E-state index contributed by atoms with van der Waals surface area (Å²) >= 11 is 1.37. The van der Waals surface area contributed by atoms with Crippen molar-refractivity contribution in [3.8, 4) is 10.8 Å². The fourth-order valence-electron chi connectivity index (χ4n) is 1.41. The molecule has 0 aliphatic heterocycles. The summed E-state index contributed by atoms with van der Waals surface area (Å²) in [6.07, 6.45) is 0.542. The summed E-state index contributed by atoms with van der Waals surface area (Å²) in [6.45, 7) is 2.37. The number of hydrogen-bond donors (Lipinski definition) is 2. The zero-order valence-corrected chi connectivity index (χ0v) is 10.8. The van der Waals surface area contributed by atoms with Crippen molar-refractivity contribution < 1.29 is 14.3 Å². The number of aliphatic hydroxyl groups is 1. The molecular weight excluding hydrogens is 252 g/mol. The summed E-state index contributed by atoms with van der Waals surface area (Å²) in [6, 6.07) is 3.69. The molecule has 0 saturated heterocycles. The molecule has 0 unspecified atom stereocenters. The Bertz CT molecular complexity index is 533. The van der Waals surface area contributed by atoms with Gasteiger partial charge < -0.3 is 14.8 Å². The van der Waals surface area contributed by atoms with Gasteiger partial charge in [0.15, 0.2) is 10.8 Å². The summed E-state index contributed by atoms with van der Waals surface area (Å²) in [4.78, 5) is 15.9. The average molecular weight is 266 g/mol. The summed E-state index contributed by atoms with van der Waals surface area (Å²) in [5.74, 6) is 1.26. The lowest BCUT2D eigenvalue weighted by Crippen LogP contribution is -2.25. The highest BCUT2D eigenvalue weighted by Gasteiger charge is 2.13. The Balaban J connectivity index is 2.04. The molecule has 0 bridgehead atoms. The predicted molar refractivity (Wildman–Crippen MR) is 68.6 cm³/mol. The fourth-order valence-corrected chi connectivity index (χ4v) is 2.17. The second-order valence-electron chi connectivity index (χ2n) is 3.78. The molecule has 6 heteroatoms. The van der Waals surface area contributed by atoms with E-state index in [1.807, 2.05) is 19.1 Å². The van der Waals surface area contributed by atoms with Crippen LogP contribution in [0.3, 0.4) is 0 Å². The van der Waals surface area contributed by atoms with Crippen LogP contribution in [-0.4, -0.2) is 29.1 Å². The van der Waals surface area contributed by atoms with Gasteiger partial charge in [0.25, 0.3) is 5.91 Å². The molecule has 1 amide bonds. The molecule has 0 atom stereocenters. The molecule has 96 valence electrons. The number of carbonyl (C=O) groups excluding carboxylic acids is 1. The average Bonchev–Trinajstić information content (AvgIpc) is 2.97. The monoisotopic (exact) mass is 266 g/mol. The number of furan rings is 1. The maximum Gasteiger partial charge on any atom is 0.270 e. The number of hydrogen-bond acceptors (Lipinski definition) is 5. The fraction of sp³-hybridized carbons (Fsp3) is 0.333. The first-order valence-corrected chi connectivity index (χ1v) is 6.50. The Morgan fingerprint density at radius 1 is 1.56 bits per heavy atom. The lowest BCUT2D eigenvalue weighted by atomic mass is 10.4. The van der Waals surface area contributed by atoms with Gasteiger partial charge in [-0.05, 0) is 25.5 Å². The summed E-state index contributed by atoms with van der Waals surface area (Å²) in [5.41, 5.74) is 0.377. The number of aliphatic hydroxyl groups excluding tert-OH is 1. The molecule has 2 rings (SSSR count). The first kappa shape index (κ1) is 12.8. The molecule has 2 N–H and O–H groups in total. The molecule has 0 radical (unpaired) electrons. The van der Waals surface area contributed by atoms with Crippen LogP contribution in [0, 0.1) is 6.92 Å². The van der Waals surface area contributed by atoms with Crippen LogP contribution in [0.15, 0.2) is 21.9 Å². The van der Waals surface area contributed by atoms with Crippen molar-refractivity contribution in [1.29, 1.82) is 0 Å². The third-order valence-electron chi connectivity index (χ3n) is 2.31. The number of thiazole rings is 1. The van der Waals surface area contributed by atoms with Crippen molar-refractivity contribution in [1.82, 2.24) is 10.3 Å². The van der Waals surface area contributed by atoms with Crippen molar-refractivity contribution >= 4 is 17.2 Å². The zero-order valence-electron chi connectivity index (χ0n) is 9.97. The topological polar surface area (TPSA) is 75.4 Å². The van der Waals surface area contributed by atoms with Crippen LogP contribution in [-0.2, 0) is 0 Å². The SMILES string of the molecule is Cc1ccc(-c2nc(C(=O)NCCCO)cs2)o1. The highest BCUT2D eigenvalue weighted by Crippen LogP contribution is 2.25. The number of aromatic nitrogens is 1. The minimum absolute atomic E-state index is 0.0638. The summed E-state index contributed by atoms with van der Waals surface area (Å²) in [7, 11) is 0. The molecular formula is C12H14N2O3S. The molecule has 0 aliphatic carbocycles. The Morgan fingerprint density at radius 3 is 3.06 bits per heavy atom. The molecule has 2 aromatic rings. The lowest BCUT2D eigenvalue weighted by Gasteiger charge is -2.00. The minimum atomic E-state index is -0.228. The van der Waals surface area contributed by atoms with Gasteiger partial charge in [-0.15, -0.1) is 11.3 Å². The number of amides is 1. The van der Waals surface area contributed by atoms with E-state index in [2.05, 4.69) is 10.3 Å². The molecule has 0 spiro atoms. The number of aryl methyl sites for hydroxylation is 1. The highest BCUT2D eigenvalue weighted by molar-refractivity contribution is 7.13. The second kappa shape index (κ2) is 5.79. The molecule has 0 fully saturated rings. The molecule has 2 heterocycles. The van der Waals surface area contributed by atoms with E-state index in [1.54, 1.807) is 5.38 Å². The number of nitrogens with one attached hydrogen (secondary N) is 1. The normalized spacial score (nSPS) is 10.6. The quantitative estimate of drug-likeness (QED) is 0.809. The Morgan fingerprint density at radius 2 is 2.39 bits per heavy atom. The van der Waals surface area contributed by atoms with Gasteiger partial charge in [-0.1, -0.05) is 0 Å². The molecule has 0 saturated carbocycles. The molecule has 0 aliphatic rings. The van der Waals surface area contributed by atoms with Crippen LogP contribution in [0.25, 0.3) is 10.8 Å². The van der Waals surface area contributed by atoms with Gasteiger partial charge in [0.1, 0.15) is 11.5 Å². The van der Waals surface area contributed by atoms with Gasteiger partial charge in [0.2, 0.25) is 0 Å². The van der Waals surface area contributed by atoms with E-state index in [-0.39, 0.29) is 12.5 Å². The number of carbonyl (C=O) groups is 1. The standard InChI is InChI=1S/C12H14N2O3S/c1-8-3-4-10(17-8)12-14-9(7-18-12)11(16)13-5-2-6-15/h3-4,7,15H,2,5-6H2,1H3,(H,13,16). The van der Waals surface area contributed by atoms with Crippen LogP contribution < -0.4 is 5.32 Å². The van der Waals surface area contributed by atoms with Crippen molar-refractivity contribution in [3.63, 3.8) is 0 Å². The lowest BCUT2D eigenvalue weighted by molar-refractivity contribution is 0.0947.